The van der Waals surface area contributed by atoms with Gasteiger partial charge in [0.05, 0.1) is 31.9 Å². The molecule has 2 N–H and O–H groups in total. The topological polar surface area (TPSA) is 76.2 Å². The second-order valence-electron chi connectivity index (χ2n) is 6.07. The predicted octanol–water partition coefficient (Wildman–Crippen LogP) is 1.82. The quantitative estimate of drug-likeness (QED) is 0.774. The van der Waals surface area contributed by atoms with E-state index in [-0.39, 0.29) is 5.91 Å². The summed E-state index contributed by atoms with van der Waals surface area (Å²) in [6, 6.07) is 11.9. The molecule has 1 aliphatic rings. The number of ether oxygens (including phenoxy) is 2. The zero-order valence-electron chi connectivity index (χ0n) is 13.7. The molecule has 24 heavy (non-hydrogen) atoms. The summed E-state index contributed by atoms with van der Waals surface area (Å²) in [5.74, 6) is 0.444. The number of H-pyrrole nitrogens is 1. The van der Waals surface area contributed by atoms with E-state index in [0.717, 1.165) is 36.6 Å². The molecule has 1 aromatic heterocycles. The molecule has 0 aliphatic carbocycles. The van der Waals surface area contributed by atoms with Crippen molar-refractivity contribution >= 4 is 5.91 Å². The molecule has 1 amide bonds. The van der Waals surface area contributed by atoms with Crippen LogP contribution in [0.2, 0.25) is 0 Å². The van der Waals surface area contributed by atoms with Gasteiger partial charge in [-0.25, -0.2) is 0 Å². The summed E-state index contributed by atoms with van der Waals surface area (Å²) in [7, 11) is 0. The van der Waals surface area contributed by atoms with E-state index in [0.29, 0.717) is 32.1 Å². The number of carbonyl (C=O) groups is 1. The van der Waals surface area contributed by atoms with Crippen LogP contribution in [0.25, 0.3) is 0 Å². The van der Waals surface area contributed by atoms with Crippen molar-refractivity contribution in [1.29, 1.82) is 0 Å². The Morgan fingerprint density at radius 3 is 3.00 bits per heavy atom. The van der Waals surface area contributed by atoms with Crippen molar-refractivity contribution < 1.29 is 14.3 Å². The van der Waals surface area contributed by atoms with Crippen LogP contribution in [-0.2, 0) is 33.9 Å². The van der Waals surface area contributed by atoms with Crippen LogP contribution in [0.15, 0.2) is 36.4 Å². The van der Waals surface area contributed by atoms with Crippen molar-refractivity contribution in [2.45, 2.75) is 26.1 Å². The number of rotatable bonds is 8. The lowest BCUT2D eigenvalue weighted by Crippen LogP contribution is -2.30. The van der Waals surface area contributed by atoms with Crippen LogP contribution in [0.3, 0.4) is 0 Å². The fourth-order valence-corrected chi connectivity index (χ4v) is 2.66. The van der Waals surface area contributed by atoms with Crippen LogP contribution in [0.1, 0.15) is 23.4 Å². The first kappa shape index (κ1) is 16.7. The Bertz CT molecular complexity index is 636. The average molecular weight is 329 g/mol. The first-order valence-electron chi connectivity index (χ1n) is 8.29. The lowest BCUT2D eigenvalue weighted by Gasteiger charge is -2.08. The molecular weight excluding hydrogens is 306 g/mol. The fraction of sp³-hybridized carbons (Fsp3) is 0.444. The molecule has 1 saturated heterocycles. The molecule has 3 rings (SSSR count). The molecular formula is C18H23N3O3. The van der Waals surface area contributed by atoms with Crippen LogP contribution in [-0.4, -0.2) is 35.9 Å². The molecule has 1 aromatic carbocycles. The number of nitrogens with zero attached hydrogens (tertiary/aromatic N) is 1. The number of aromatic nitrogens is 2. The number of hydrogen-bond acceptors (Lipinski definition) is 4. The number of aromatic amines is 1. The molecule has 2 heterocycles. The van der Waals surface area contributed by atoms with Crippen LogP contribution in [0, 0.1) is 5.92 Å². The Hall–Kier alpha value is -2.18. The van der Waals surface area contributed by atoms with Crippen molar-refractivity contribution in [2.24, 2.45) is 5.92 Å². The highest BCUT2D eigenvalue weighted by atomic mass is 16.5. The lowest BCUT2D eigenvalue weighted by atomic mass is 10.1. The van der Waals surface area contributed by atoms with Crippen LogP contribution < -0.4 is 5.32 Å². The Labute approximate surface area is 141 Å². The van der Waals surface area contributed by atoms with E-state index >= 15 is 0 Å². The molecule has 1 aliphatic heterocycles. The van der Waals surface area contributed by atoms with Crippen LogP contribution >= 0.6 is 0 Å². The van der Waals surface area contributed by atoms with Gasteiger partial charge in [-0.15, -0.1) is 0 Å². The maximum atomic E-state index is 11.9. The van der Waals surface area contributed by atoms with Crippen molar-refractivity contribution in [1.82, 2.24) is 15.5 Å². The minimum absolute atomic E-state index is 0.00213. The van der Waals surface area contributed by atoms with Gasteiger partial charge in [0.1, 0.15) is 0 Å². The Morgan fingerprint density at radius 2 is 2.21 bits per heavy atom. The number of benzene rings is 1. The van der Waals surface area contributed by atoms with Gasteiger partial charge >= 0.3 is 0 Å². The molecule has 0 bridgehead atoms. The Balaban J connectivity index is 1.37. The molecule has 0 spiro atoms. The van der Waals surface area contributed by atoms with Gasteiger partial charge in [0.2, 0.25) is 5.91 Å². The summed E-state index contributed by atoms with van der Waals surface area (Å²) >= 11 is 0. The molecule has 1 atom stereocenters. The third-order valence-corrected chi connectivity index (χ3v) is 4.01. The molecule has 1 fully saturated rings. The largest absolute Gasteiger partial charge is 0.381 e. The maximum Gasteiger partial charge on any atom is 0.226 e. The van der Waals surface area contributed by atoms with Crippen LogP contribution in [0.4, 0.5) is 0 Å². The van der Waals surface area contributed by atoms with E-state index < -0.39 is 0 Å². The van der Waals surface area contributed by atoms with Gasteiger partial charge in [-0.05, 0) is 18.1 Å². The molecule has 1 unspecified atom stereocenters. The van der Waals surface area contributed by atoms with Crippen LogP contribution in [0.5, 0.6) is 0 Å². The van der Waals surface area contributed by atoms with Crippen molar-refractivity contribution in [3.05, 3.63) is 53.3 Å². The third-order valence-electron chi connectivity index (χ3n) is 4.01. The van der Waals surface area contributed by atoms with Gasteiger partial charge in [0.25, 0.3) is 0 Å². The SMILES string of the molecule is O=C(Cc1cc(COCc2ccccc2)n[nH]1)NCC1CCOC1. The maximum absolute atomic E-state index is 11.9. The number of amides is 1. The molecule has 2 aromatic rings. The highest BCUT2D eigenvalue weighted by molar-refractivity contribution is 5.78. The second-order valence-corrected chi connectivity index (χ2v) is 6.07. The molecule has 0 saturated carbocycles. The zero-order chi connectivity index (χ0) is 16.6. The van der Waals surface area contributed by atoms with Gasteiger partial charge in [-0.1, -0.05) is 30.3 Å². The molecule has 6 nitrogen and oxygen atoms in total. The fourth-order valence-electron chi connectivity index (χ4n) is 2.66. The van der Waals surface area contributed by atoms with Crippen molar-refractivity contribution in [3.63, 3.8) is 0 Å². The molecule has 128 valence electrons. The Morgan fingerprint density at radius 1 is 1.33 bits per heavy atom. The monoisotopic (exact) mass is 329 g/mol. The summed E-state index contributed by atoms with van der Waals surface area (Å²) in [5.41, 5.74) is 2.73. The van der Waals surface area contributed by atoms with Gasteiger partial charge in [0.15, 0.2) is 0 Å². The lowest BCUT2D eigenvalue weighted by molar-refractivity contribution is -0.120. The van der Waals surface area contributed by atoms with Gasteiger partial charge < -0.3 is 14.8 Å². The van der Waals surface area contributed by atoms with E-state index in [1.165, 1.54) is 0 Å². The smallest absolute Gasteiger partial charge is 0.226 e. The predicted molar refractivity (Wildman–Crippen MR) is 89.2 cm³/mol. The van der Waals surface area contributed by atoms with Crippen molar-refractivity contribution in [3.8, 4) is 0 Å². The Kier molecular flexibility index (Phi) is 5.98. The van der Waals surface area contributed by atoms with Gasteiger partial charge in [0, 0.05) is 24.8 Å². The molecule has 0 radical (unpaired) electrons. The second kappa shape index (κ2) is 8.61. The minimum atomic E-state index is 0.00213. The van der Waals surface area contributed by atoms with E-state index in [2.05, 4.69) is 15.5 Å². The summed E-state index contributed by atoms with van der Waals surface area (Å²) in [4.78, 5) is 11.9. The summed E-state index contributed by atoms with van der Waals surface area (Å²) in [6.07, 6.45) is 1.33. The number of carbonyl (C=O) groups excluding carboxylic acids is 1. The normalized spacial score (nSPS) is 17.1. The number of nitrogens with one attached hydrogen (secondary N) is 2. The summed E-state index contributed by atoms with van der Waals surface area (Å²) < 4.78 is 10.9. The van der Waals surface area contributed by atoms with E-state index in [9.17, 15) is 4.79 Å². The average Bonchev–Trinajstić information content (AvgIpc) is 3.26. The van der Waals surface area contributed by atoms with Gasteiger partial charge in [-0.2, -0.15) is 5.10 Å². The highest BCUT2D eigenvalue weighted by Gasteiger charge is 2.16. The zero-order valence-corrected chi connectivity index (χ0v) is 13.7. The number of hydrogen-bond donors (Lipinski definition) is 2. The van der Waals surface area contributed by atoms with Crippen molar-refractivity contribution in [2.75, 3.05) is 19.8 Å². The molecule has 6 heteroatoms. The third kappa shape index (κ3) is 5.18. The summed E-state index contributed by atoms with van der Waals surface area (Å²) in [5, 5.41) is 10.0. The van der Waals surface area contributed by atoms with E-state index in [1.807, 2.05) is 36.4 Å². The highest BCUT2D eigenvalue weighted by Crippen LogP contribution is 2.11. The summed E-state index contributed by atoms with van der Waals surface area (Å²) in [6.45, 7) is 3.19. The van der Waals surface area contributed by atoms with E-state index in [1.54, 1.807) is 0 Å². The first-order chi connectivity index (χ1) is 11.8. The first-order valence-corrected chi connectivity index (χ1v) is 8.29. The van der Waals surface area contributed by atoms with E-state index in [4.69, 9.17) is 9.47 Å². The standard InChI is InChI=1S/C18H23N3O3/c22-18(19-10-15-6-7-23-12-15)9-16-8-17(21-20-16)13-24-11-14-4-2-1-3-5-14/h1-5,8,15H,6-7,9-13H2,(H,19,22)(H,20,21). The minimum Gasteiger partial charge on any atom is -0.381 e. The van der Waals surface area contributed by atoms with Gasteiger partial charge in [-0.3, -0.25) is 9.89 Å².